The highest BCUT2D eigenvalue weighted by atomic mass is 79.9. The lowest BCUT2D eigenvalue weighted by molar-refractivity contribution is 0.170. The minimum absolute atomic E-state index is 0.425. The van der Waals surface area contributed by atoms with Crippen LogP contribution in [0.3, 0.4) is 0 Å². The van der Waals surface area contributed by atoms with E-state index >= 15 is 0 Å². The zero-order valence-electron chi connectivity index (χ0n) is 10.7. The van der Waals surface area contributed by atoms with Gasteiger partial charge in [-0.3, -0.25) is 0 Å². The van der Waals surface area contributed by atoms with Crippen LogP contribution in [-0.4, -0.2) is 23.0 Å². The molecule has 5 nitrogen and oxygen atoms in total. The fourth-order valence-corrected chi connectivity index (χ4v) is 1.96. The molecule has 0 fully saturated rings. The van der Waals surface area contributed by atoms with Crippen molar-refractivity contribution in [1.82, 2.24) is 15.1 Å². The summed E-state index contributed by atoms with van der Waals surface area (Å²) in [5.74, 6) is 0. The number of amides is 1. The second kappa shape index (κ2) is 5.88. The third-order valence-corrected chi connectivity index (χ3v) is 3.19. The monoisotopic (exact) mass is 323 g/mol. The quantitative estimate of drug-likeness (QED) is 0.944. The Balaban J connectivity index is 2.22. The molecule has 0 atom stereocenters. The van der Waals surface area contributed by atoms with E-state index < -0.39 is 6.09 Å². The van der Waals surface area contributed by atoms with Gasteiger partial charge in [-0.2, -0.15) is 5.10 Å². The van der Waals surface area contributed by atoms with Gasteiger partial charge >= 0.3 is 6.09 Å². The molecule has 0 saturated heterocycles. The van der Waals surface area contributed by atoms with E-state index in [4.69, 9.17) is 0 Å². The number of aromatic nitrogens is 2. The summed E-state index contributed by atoms with van der Waals surface area (Å²) in [6.45, 7) is 2.42. The van der Waals surface area contributed by atoms with Gasteiger partial charge in [-0.15, -0.1) is 0 Å². The van der Waals surface area contributed by atoms with Crippen molar-refractivity contribution in [2.75, 3.05) is 7.11 Å². The summed E-state index contributed by atoms with van der Waals surface area (Å²) < 4.78 is 7.11. The number of alkyl carbamates (subject to hydrolysis) is 1. The van der Waals surface area contributed by atoms with Crippen molar-refractivity contribution >= 4 is 22.0 Å². The van der Waals surface area contributed by atoms with Gasteiger partial charge in [-0.1, -0.05) is 6.07 Å². The number of nitrogens with zero attached hydrogens (tertiary/aromatic N) is 2. The number of rotatable bonds is 3. The number of carbonyl (C=O) groups is 1. The number of hydrogen-bond acceptors (Lipinski definition) is 3. The van der Waals surface area contributed by atoms with Crippen molar-refractivity contribution < 1.29 is 9.53 Å². The first-order valence-corrected chi connectivity index (χ1v) is 6.52. The average Bonchev–Trinajstić information content (AvgIpc) is 2.84. The van der Waals surface area contributed by atoms with Crippen molar-refractivity contribution in [3.05, 3.63) is 46.2 Å². The molecule has 1 N–H and O–H groups in total. The minimum atomic E-state index is -0.438. The van der Waals surface area contributed by atoms with Crippen molar-refractivity contribution in [2.24, 2.45) is 0 Å². The summed E-state index contributed by atoms with van der Waals surface area (Å²) in [6, 6.07) is 7.84. The van der Waals surface area contributed by atoms with Crippen LogP contribution in [0.25, 0.3) is 5.69 Å². The largest absolute Gasteiger partial charge is 0.453 e. The molecule has 0 unspecified atom stereocenters. The van der Waals surface area contributed by atoms with Crippen LogP contribution in [0.1, 0.15) is 11.1 Å². The first-order chi connectivity index (χ1) is 9.10. The summed E-state index contributed by atoms with van der Waals surface area (Å²) in [5, 5.41) is 6.96. The maximum absolute atomic E-state index is 11.1. The predicted octanol–water partition coefficient (Wildman–Crippen LogP) is 2.80. The van der Waals surface area contributed by atoms with Crippen LogP contribution in [0.5, 0.6) is 0 Å². The Morgan fingerprint density at radius 1 is 1.47 bits per heavy atom. The van der Waals surface area contributed by atoms with Gasteiger partial charge in [-0.05, 0) is 52.2 Å². The molecule has 6 heteroatoms. The average molecular weight is 324 g/mol. The third-order valence-electron chi connectivity index (χ3n) is 2.76. The van der Waals surface area contributed by atoms with Gasteiger partial charge in [0.25, 0.3) is 0 Å². The smallest absolute Gasteiger partial charge is 0.407 e. The lowest BCUT2D eigenvalue weighted by Crippen LogP contribution is -2.22. The molecule has 0 spiro atoms. The normalized spacial score (nSPS) is 10.3. The van der Waals surface area contributed by atoms with Crippen LogP contribution in [0, 0.1) is 6.92 Å². The molecule has 0 bridgehead atoms. The topological polar surface area (TPSA) is 56.1 Å². The number of halogens is 1. The number of hydrogen-bond donors (Lipinski definition) is 1. The van der Waals surface area contributed by atoms with Crippen molar-refractivity contribution in [3.8, 4) is 5.69 Å². The van der Waals surface area contributed by atoms with E-state index in [0.29, 0.717) is 6.54 Å². The highest BCUT2D eigenvalue weighted by Crippen LogP contribution is 2.16. The van der Waals surface area contributed by atoms with Crippen LogP contribution < -0.4 is 5.32 Å². The van der Waals surface area contributed by atoms with E-state index in [1.165, 1.54) is 7.11 Å². The Hall–Kier alpha value is -1.82. The maximum Gasteiger partial charge on any atom is 0.407 e. The highest BCUT2D eigenvalue weighted by Gasteiger charge is 2.05. The SMILES string of the molecule is COC(=O)NCc1cc(-n2ccc(Br)n2)ccc1C. The number of methoxy groups -OCH3 is 1. The van der Waals surface area contributed by atoms with Gasteiger partial charge in [0.2, 0.25) is 0 Å². The molecule has 100 valence electrons. The van der Waals surface area contributed by atoms with Gasteiger partial charge < -0.3 is 10.1 Å². The number of aryl methyl sites for hydroxylation is 1. The molecular formula is C13H14BrN3O2. The molecule has 0 aliphatic rings. The molecule has 1 aromatic heterocycles. The van der Waals surface area contributed by atoms with Crippen molar-refractivity contribution in [2.45, 2.75) is 13.5 Å². The van der Waals surface area contributed by atoms with Crippen LogP contribution in [-0.2, 0) is 11.3 Å². The Morgan fingerprint density at radius 3 is 2.89 bits per heavy atom. The molecule has 1 amide bonds. The Bertz CT molecular complexity index is 595. The van der Waals surface area contributed by atoms with Crippen LogP contribution in [0.4, 0.5) is 4.79 Å². The fraction of sp³-hybridized carbons (Fsp3) is 0.231. The van der Waals surface area contributed by atoms with E-state index in [1.54, 1.807) is 4.68 Å². The third kappa shape index (κ3) is 3.35. The molecule has 0 aliphatic heterocycles. The summed E-state index contributed by atoms with van der Waals surface area (Å²) in [6.07, 6.45) is 1.43. The van der Waals surface area contributed by atoms with Gasteiger partial charge in [-0.25, -0.2) is 9.48 Å². The van der Waals surface area contributed by atoms with E-state index in [-0.39, 0.29) is 0 Å². The number of ether oxygens (including phenoxy) is 1. The van der Waals surface area contributed by atoms with Gasteiger partial charge in [0.05, 0.1) is 12.8 Å². The van der Waals surface area contributed by atoms with E-state index in [2.05, 4.69) is 31.1 Å². The Morgan fingerprint density at radius 2 is 2.26 bits per heavy atom. The second-order valence-electron chi connectivity index (χ2n) is 4.04. The van der Waals surface area contributed by atoms with Gasteiger partial charge in [0.15, 0.2) is 0 Å². The minimum Gasteiger partial charge on any atom is -0.453 e. The van der Waals surface area contributed by atoms with Crippen molar-refractivity contribution in [3.63, 3.8) is 0 Å². The van der Waals surface area contributed by atoms with E-state index in [1.807, 2.05) is 37.4 Å². The van der Waals surface area contributed by atoms with Crippen molar-refractivity contribution in [1.29, 1.82) is 0 Å². The molecule has 2 aromatic rings. The molecule has 2 rings (SSSR count). The standard InChI is InChI=1S/C13H14BrN3O2/c1-9-3-4-11(17-6-5-12(14)16-17)7-10(9)8-15-13(18)19-2/h3-7H,8H2,1-2H3,(H,15,18). The van der Waals surface area contributed by atoms with Crippen LogP contribution >= 0.6 is 15.9 Å². The van der Waals surface area contributed by atoms with E-state index in [9.17, 15) is 4.79 Å². The van der Waals surface area contributed by atoms with E-state index in [0.717, 1.165) is 21.4 Å². The number of nitrogens with one attached hydrogen (secondary N) is 1. The number of benzene rings is 1. The number of carbonyl (C=O) groups excluding carboxylic acids is 1. The maximum atomic E-state index is 11.1. The molecule has 0 aliphatic carbocycles. The Kier molecular flexibility index (Phi) is 4.21. The lowest BCUT2D eigenvalue weighted by Gasteiger charge is -2.10. The summed E-state index contributed by atoms with van der Waals surface area (Å²) in [5.41, 5.74) is 3.07. The molecule has 0 radical (unpaired) electrons. The molecule has 1 aromatic carbocycles. The first kappa shape index (κ1) is 13.6. The van der Waals surface area contributed by atoms with Crippen LogP contribution in [0.15, 0.2) is 35.1 Å². The zero-order valence-corrected chi connectivity index (χ0v) is 12.3. The van der Waals surface area contributed by atoms with Gasteiger partial charge in [0, 0.05) is 12.7 Å². The molecular weight excluding hydrogens is 310 g/mol. The summed E-state index contributed by atoms with van der Waals surface area (Å²) in [7, 11) is 1.35. The summed E-state index contributed by atoms with van der Waals surface area (Å²) >= 11 is 3.32. The van der Waals surface area contributed by atoms with Crippen LogP contribution in [0.2, 0.25) is 0 Å². The molecule has 0 saturated carbocycles. The summed E-state index contributed by atoms with van der Waals surface area (Å²) in [4.78, 5) is 11.1. The van der Waals surface area contributed by atoms with Gasteiger partial charge in [0.1, 0.15) is 4.60 Å². The molecule has 19 heavy (non-hydrogen) atoms. The Labute approximate surface area is 119 Å². The lowest BCUT2D eigenvalue weighted by atomic mass is 10.1. The highest BCUT2D eigenvalue weighted by molar-refractivity contribution is 9.10. The second-order valence-corrected chi connectivity index (χ2v) is 4.85. The predicted molar refractivity (Wildman–Crippen MR) is 75.2 cm³/mol. The molecule has 1 heterocycles. The fourth-order valence-electron chi connectivity index (χ4n) is 1.68. The first-order valence-electron chi connectivity index (χ1n) is 5.73. The zero-order chi connectivity index (χ0) is 13.8.